The summed E-state index contributed by atoms with van der Waals surface area (Å²) in [4.78, 5) is 14.2. The van der Waals surface area contributed by atoms with Crippen LogP contribution in [-0.2, 0) is 12.8 Å². The van der Waals surface area contributed by atoms with Gasteiger partial charge in [-0.15, -0.1) is 11.3 Å². The zero-order valence-corrected chi connectivity index (χ0v) is 17.4. The van der Waals surface area contributed by atoms with Gasteiger partial charge < -0.3 is 10.6 Å². The van der Waals surface area contributed by atoms with E-state index in [4.69, 9.17) is 23.2 Å². The third-order valence-corrected chi connectivity index (χ3v) is 7.40. The van der Waals surface area contributed by atoms with Gasteiger partial charge in [-0.2, -0.15) is 0 Å². The number of carbonyl (C=O) groups excluding carboxylic acids is 1. The molecule has 0 radical (unpaired) electrons. The zero-order chi connectivity index (χ0) is 18.6. The van der Waals surface area contributed by atoms with Gasteiger partial charge in [-0.25, -0.2) is 0 Å². The molecule has 6 heteroatoms. The number of thiophene rings is 1. The van der Waals surface area contributed by atoms with E-state index in [0.29, 0.717) is 21.5 Å². The van der Waals surface area contributed by atoms with E-state index in [1.165, 1.54) is 10.4 Å². The predicted octanol–water partition coefficient (Wildman–Crippen LogP) is 6.06. The van der Waals surface area contributed by atoms with Crippen molar-refractivity contribution in [2.75, 3.05) is 5.32 Å². The lowest BCUT2D eigenvalue weighted by molar-refractivity contribution is 0.0935. The molecule has 3 nitrogen and oxygen atoms in total. The van der Waals surface area contributed by atoms with Crippen molar-refractivity contribution in [1.29, 1.82) is 0 Å². The molecule has 0 saturated heterocycles. The van der Waals surface area contributed by atoms with Gasteiger partial charge in [-0.3, -0.25) is 4.79 Å². The van der Waals surface area contributed by atoms with Gasteiger partial charge in [0.25, 0.3) is 5.91 Å². The van der Waals surface area contributed by atoms with Crippen LogP contribution in [0.1, 0.15) is 59.7 Å². The molecule has 4 rings (SSSR count). The van der Waals surface area contributed by atoms with Crippen LogP contribution in [-0.4, -0.2) is 5.91 Å². The monoisotopic (exact) mass is 408 g/mol. The molecule has 2 N–H and O–H groups in total. The molecule has 1 aromatic carbocycles. The number of amides is 1. The SMILES string of the molecule is CC(C)(C)C1CCc2c(sc3c2C(=O)NC(c2c(Cl)cccc2Cl)N3)C1. The van der Waals surface area contributed by atoms with E-state index in [-0.39, 0.29) is 11.3 Å². The van der Waals surface area contributed by atoms with Gasteiger partial charge in [0, 0.05) is 20.5 Å². The van der Waals surface area contributed by atoms with E-state index in [9.17, 15) is 4.79 Å². The molecule has 2 unspecified atom stereocenters. The number of carbonyl (C=O) groups is 1. The molecular weight excluding hydrogens is 387 g/mol. The fourth-order valence-corrected chi connectivity index (χ4v) is 5.94. The maximum atomic E-state index is 12.9. The van der Waals surface area contributed by atoms with Crippen molar-refractivity contribution in [3.63, 3.8) is 0 Å². The Morgan fingerprint density at radius 3 is 2.50 bits per heavy atom. The Hall–Kier alpha value is -1.23. The fourth-order valence-electron chi connectivity index (χ4n) is 3.97. The molecular formula is C20H22Cl2N2OS. The van der Waals surface area contributed by atoms with Gasteiger partial charge in [-0.1, -0.05) is 50.0 Å². The van der Waals surface area contributed by atoms with E-state index < -0.39 is 6.17 Å². The lowest BCUT2D eigenvalue weighted by Gasteiger charge is -2.34. The number of hydrogen-bond donors (Lipinski definition) is 2. The van der Waals surface area contributed by atoms with Crippen molar-refractivity contribution in [2.45, 2.75) is 46.2 Å². The molecule has 0 bridgehead atoms. The summed E-state index contributed by atoms with van der Waals surface area (Å²) in [6, 6.07) is 5.39. The van der Waals surface area contributed by atoms with Crippen LogP contribution in [0.3, 0.4) is 0 Å². The highest BCUT2D eigenvalue weighted by Crippen LogP contribution is 2.46. The number of halogens is 2. The van der Waals surface area contributed by atoms with E-state index in [0.717, 1.165) is 29.8 Å². The van der Waals surface area contributed by atoms with Crippen molar-refractivity contribution < 1.29 is 4.79 Å². The van der Waals surface area contributed by atoms with E-state index in [1.54, 1.807) is 29.5 Å². The summed E-state index contributed by atoms with van der Waals surface area (Å²) < 4.78 is 0. The van der Waals surface area contributed by atoms with Gasteiger partial charge >= 0.3 is 0 Å². The number of rotatable bonds is 1. The first-order valence-corrected chi connectivity index (χ1v) is 10.5. The number of benzene rings is 1. The third-order valence-electron chi connectivity index (χ3n) is 5.56. The van der Waals surface area contributed by atoms with Crippen LogP contribution in [0.2, 0.25) is 10.0 Å². The normalized spacial score (nSPS) is 22.3. The molecule has 0 saturated carbocycles. The number of anilines is 1. The second-order valence-corrected chi connectivity index (χ2v) is 10.1. The smallest absolute Gasteiger partial charge is 0.256 e. The maximum absolute atomic E-state index is 12.9. The summed E-state index contributed by atoms with van der Waals surface area (Å²) in [6.07, 6.45) is 2.74. The van der Waals surface area contributed by atoms with Crippen LogP contribution < -0.4 is 10.6 Å². The molecule has 2 heterocycles. The topological polar surface area (TPSA) is 41.1 Å². The minimum Gasteiger partial charge on any atom is -0.353 e. The fraction of sp³-hybridized carbons (Fsp3) is 0.450. The maximum Gasteiger partial charge on any atom is 0.256 e. The molecule has 1 aliphatic heterocycles. The third kappa shape index (κ3) is 3.02. The first-order chi connectivity index (χ1) is 12.3. The molecule has 2 atom stereocenters. The van der Waals surface area contributed by atoms with Crippen LogP contribution in [0.25, 0.3) is 0 Å². The molecule has 1 aromatic heterocycles. The Balaban J connectivity index is 1.69. The Kier molecular flexibility index (Phi) is 4.49. The van der Waals surface area contributed by atoms with Crippen LogP contribution in [0.4, 0.5) is 5.00 Å². The van der Waals surface area contributed by atoms with Gasteiger partial charge in [-0.05, 0) is 48.3 Å². The van der Waals surface area contributed by atoms with E-state index in [1.807, 2.05) is 0 Å². The van der Waals surface area contributed by atoms with Gasteiger partial charge in [0.1, 0.15) is 11.2 Å². The van der Waals surface area contributed by atoms with Gasteiger partial charge in [0.05, 0.1) is 5.56 Å². The first-order valence-electron chi connectivity index (χ1n) is 8.91. The molecule has 1 aliphatic carbocycles. The summed E-state index contributed by atoms with van der Waals surface area (Å²) in [6.45, 7) is 6.91. The van der Waals surface area contributed by atoms with Crippen molar-refractivity contribution in [1.82, 2.24) is 5.32 Å². The van der Waals surface area contributed by atoms with E-state index >= 15 is 0 Å². The van der Waals surface area contributed by atoms with Gasteiger partial charge in [0.2, 0.25) is 0 Å². The molecule has 1 amide bonds. The average Bonchev–Trinajstić information content (AvgIpc) is 2.91. The van der Waals surface area contributed by atoms with Crippen LogP contribution >= 0.6 is 34.5 Å². The minimum atomic E-state index is -0.408. The number of hydrogen-bond acceptors (Lipinski definition) is 3. The predicted molar refractivity (Wildman–Crippen MR) is 110 cm³/mol. The quantitative estimate of drug-likeness (QED) is 0.601. The highest BCUT2D eigenvalue weighted by Gasteiger charge is 2.37. The highest BCUT2D eigenvalue weighted by molar-refractivity contribution is 7.16. The summed E-state index contributed by atoms with van der Waals surface area (Å²) in [5.41, 5.74) is 3.04. The second-order valence-electron chi connectivity index (χ2n) is 8.20. The summed E-state index contributed by atoms with van der Waals surface area (Å²) >= 11 is 14.4. The molecule has 0 spiro atoms. The Labute approximate surface area is 168 Å². The van der Waals surface area contributed by atoms with Crippen molar-refractivity contribution in [3.05, 3.63) is 49.8 Å². The van der Waals surface area contributed by atoms with E-state index in [2.05, 4.69) is 31.4 Å². The van der Waals surface area contributed by atoms with Crippen molar-refractivity contribution >= 4 is 45.4 Å². The lowest BCUT2D eigenvalue weighted by atomic mass is 9.72. The summed E-state index contributed by atoms with van der Waals surface area (Å²) in [5.74, 6) is 0.610. The van der Waals surface area contributed by atoms with Crippen molar-refractivity contribution in [3.8, 4) is 0 Å². The molecule has 26 heavy (non-hydrogen) atoms. The number of nitrogens with one attached hydrogen (secondary N) is 2. The zero-order valence-electron chi connectivity index (χ0n) is 15.1. The Morgan fingerprint density at radius 1 is 1.15 bits per heavy atom. The van der Waals surface area contributed by atoms with Crippen LogP contribution in [0.15, 0.2) is 18.2 Å². The first kappa shape index (κ1) is 18.1. The summed E-state index contributed by atoms with van der Waals surface area (Å²) in [7, 11) is 0. The molecule has 0 fully saturated rings. The highest BCUT2D eigenvalue weighted by atomic mass is 35.5. The Bertz CT molecular complexity index is 864. The molecule has 2 aliphatic rings. The van der Waals surface area contributed by atoms with Gasteiger partial charge in [0.15, 0.2) is 0 Å². The molecule has 138 valence electrons. The lowest BCUT2D eigenvalue weighted by Crippen LogP contribution is -2.38. The second kappa shape index (κ2) is 6.43. The summed E-state index contributed by atoms with van der Waals surface area (Å²) in [5, 5.41) is 8.53. The molecule has 2 aromatic rings. The minimum absolute atomic E-state index is 0.0357. The standard InChI is InChI=1S/C20H22Cl2N2OS/c1-20(2,3)10-7-8-11-14(9-10)26-19-15(11)18(25)23-17(24-19)16-12(21)5-4-6-13(16)22/h4-6,10,17,24H,7-9H2,1-3H3,(H,23,25). The Morgan fingerprint density at radius 2 is 1.85 bits per heavy atom. The number of fused-ring (bicyclic) bond motifs is 3. The van der Waals surface area contributed by atoms with Crippen LogP contribution in [0.5, 0.6) is 0 Å². The van der Waals surface area contributed by atoms with Crippen molar-refractivity contribution in [2.24, 2.45) is 11.3 Å². The largest absolute Gasteiger partial charge is 0.353 e. The van der Waals surface area contributed by atoms with Crippen LogP contribution in [0, 0.1) is 11.3 Å². The average molecular weight is 409 g/mol.